The maximum absolute atomic E-state index is 12.5. The van der Waals surface area contributed by atoms with E-state index in [0.29, 0.717) is 5.69 Å². The Balaban J connectivity index is 2.21. The molecule has 0 aliphatic heterocycles. The van der Waals surface area contributed by atoms with Gasteiger partial charge in [-0.25, -0.2) is 4.68 Å². The molecular formula is C15H18F3N3. The Morgan fingerprint density at radius 2 is 1.81 bits per heavy atom. The van der Waals surface area contributed by atoms with E-state index in [-0.39, 0.29) is 6.04 Å². The molecule has 1 aromatic heterocycles. The Morgan fingerprint density at radius 3 is 2.29 bits per heavy atom. The van der Waals surface area contributed by atoms with Crippen molar-refractivity contribution in [3.8, 4) is 5.69 Å². The molecule has 2 aromatic rings. The fourth-order valence-corrected chi connectivity index (χ4v) is 2.22. The molecule has 0 saturated carbocycles. The number of halogens is 3. The standard InChI is InChI=1S/C15H18F3N3/c1-3-13(19-4-2)11-5-7-12(8-6-11)21-10-9-14(20-21)15(16,17)18/h5-10,13,19H,3-4H2,1-2H3. The van der Waals surface area contributed by atoms with Crippen LogP contribution in [-0.2, 0) is 6.18 Å². The molecule has 1 N–H and O–H groups in total. The highest BCUT2D eigenvalue weighted by Crippen LogP contribution is 2.28. The largest absolute Gasteiger partial charge is 0.435 e. The van der Waals surface area contributed by atoms with Gasteiger partial charge >= 0.3 is 6.18 Å². The second kappa shape index (κ2) is 6.30. The van der Waals surface area contributed by atoms with E-state index < -0.39 is 11.9 Å². The lowest BCUT2D eigenvalue weighted by molar-refractivity contribution is -0.141. The molecule has 0 saturated heterocycles. The maximum Gasteiger partial charge on any atom is 0.435 e. The third kappa shape index (κ3) is 3.64. The van der Waals surface area contributed by atoms with Gasteiger partial charge in [-0.3, -0.25) is 0 Å². The zero-order valence-electron chi connectivity index (χ0n) is 12.0. The van der Waals surface area contributed by atoms with E-state index in [1.54, 1.807) is 12.1 Å². The van der Waals surface area contributed by atoms with Crippen molar-refractivity contribution < 1.29 is 13.2 Å². The first-order valence-electron chi connectivity index (χ1n) is 6.92. The van der Waals surface area contributed by atoms with Gasteiger partial charge in [-0.15, -0.1) is 0 Å². The van der Waals surface area contributed by atoms with E-state index in [2.05, 4.69) is 17.3 Å². The van der Waals surface area contributed by atoms with Crippen molar-refractivity contribution in [2.45, 2.75) is 32.5 Å². The van der Waals surface area contributed by atoms with Crippen LogP contribution in [0.3, 0.4) is 0 Å². The average Bonchev–Trinajstić information content (AvgIpc) is 2.95. The number of nitrogens with zero attached hydrogens (tertiary/aromatic N) is 2. The Labute approximate surface area is 121 Å². The van der Waals surface area contributed by atoms with Gasteiger partial charge in [0.15, 0.2) is 5.69 Å². The summed E-state index contributed by atoms with van der Waals surface area (Å²) < 4.78 is 38.8. The third-order valence-electron chi connectivity index (χ3n) is 3.30. The first-order chi connectivity index (χ1) is 9.95. The summed E-state index contributed by atoms with van der Waals surface area (Å²) in [6.07, 6.45) is -2.14. The van der Waals surface area contributed by atoms with E-state index in [1.807, 2.05) is 19.1 Å². The lowest BCUT2D eigenvalue weighted by Gasteiger charge is -2.16. The average molecular weight is 297 g/mol. The molecule has 0 aliphatic rings. The summed E-state index contributed by atoms with van der Waals surface area (Å²) in [4.78, 5) is 0. The maximum atomic E-state index is 12.5. The van der Waals surface area contributed by atoms with Crippen molar-refractivity contribution in [1.29, 1.82) is 0 Å². The fraction of sp³-hybridized carbons (Fsp3) is 0.400. The number of alkyl halides is 3. The van der Waals surface area contributed by atoms with Crippen LogP contribution in [-0.4, -0.2) is 16.3 Å². The molecule has 1 aromatic carbocycles. The predicted molar refractivity (Wildman–Crippen MR) is 75.3 cm³/mol. The summed E-state index contributed by atoms with van der Waals surface area (Å²) in [7, 11) is 0. The Kier molecular flexibility index (Phi) is 4.67. The van der Waals surface area contributed by atoms with Gasteiger partial charge in [-0.05, 0) is 36.7 Å². The minimum absolute atomic E-state index is 0.257. The van der Waals surface area contributed by atoms with Crippen molar-refractivity contribution in [1.82, 2.24) is 15.1 Å². The predicted octanol–water partition coefficient (Wildman–Crippen LogP) is 3.95. The molecule has 114 valence electrons. The molecule has 6 heteroatoms. The quantitative estimate of drug-likeness (QED) is 0.905. The molecule has 21 heavy (non-hydrogen) atoms. The normalized spacial score (nSPS) is 13.4. The zero-order valence-corrected chi connectivity index (χ0v) is 12.0. The lowest BCUT2D eigenvalue weighted by Crippen LogP contribution is -2.19. The Hall–Kier alpha value is -1.82. The lowest BCUT2D eigenvalue weighted by atomic mass is 10.0. The molecule has 0 radical (unpaired) electrons. The third-order valence-corrected chi connectivity index (χ3v) is 3.30. The number of nitrogens with one attached hydrogen (secondary N) is 1. The number of aromatic nitrogens is 2. The molecule has 2 rings (SSSR count). The van der Waals surface area contributed by atoms with Crippen molar-refractivity contribution in [3.63, 3.8) is 0 Å². The van der Waals surface area contributed by atoms with Crippen LogP contribution >= 0.6 is 0 Å². The monoisotopic (exact) mass is 297 g/mol. The summed E-state index contributed by atoms with van der Waals surface area (Å²) in [6.45, 7) is 5.00. The van der Waals surface area contributed by atoms with E-state index in [4.69, 9.17) is 0 Å². The number of benzene rings is 1. The van der Waals surface area contributed by atoms with Gasteiger partial charge in [0, 0.05) is 12.2 Å². The summed E-state index contributed by atoms with van der Waals surface area (Å²) in [6, 6.07) is 8.63. The van der Waals surface area contributed by atoms with Gasteiger partial charge in [0.1, 0.15) is 0 Å². The summed E-state index contributed by atoms with van der Waals surface area (Å²) in [5.41, 5.74) is 0.845. The second-order valence-corrected chi connectivity index (χ2v) is 4.75. The molecule has 0 aliphatic carbocycles. The van der Waals surface area contributed by atoms with Crippen LogP contribution in [0.25, 0.3) is 5.69 Å². The Bertz CT molecular complexity index is 573. The molecule has 0 amide bonds. The van der Waals surface area contributed by atoms with Gasteiger partial charge in [0.05, 0.1) is 5.69 Å². The number of rotatable bonds is 5. The zero-order chi connectivity index (χ0) is 15.5. The molecule has 3 nitrogen and oxygen atoms in total. The van der Waals surface area contributed by atoms with E-state index in [1.165, 1.54) is 10.9 Å². The van der Waals surface area contributed by atoms with Crippen molar-refractivity contribution >= 4 is 0 Å². The van der Waals surface area contributed by atoms with Crippen LogP contribution in [0.2, 0.25) is 0 Å². The molecule has 0 fully saturated rings. The van der Waals surface area contributed by atoms with Crippen LogP contribution in [0.4, 0.5) is 13.2 Å². The topological polar surface area (TPSA) is 29.9 Å². The van der Waals surface area contributed by atoms with Crippen molar-refractivity contribution in [2.75, 3.05) is 6.54 Å². The van der Waals surface area contributed by atoms with Crippen LogP contribution in [0.1, 0.15) is 37.6 Å². The summed E-state index contributed by atoms with van der Waals surface area (Å²) in [5.74, 6) is 0. The van der Waals surface area contributed by atoms with Crippen molar-refractivity contribution in [3.05, 3.63) is 47.8 Å². The molecule has 0 spiro atoms. The highest BCUT2D eigenvalue weighted by atomic mass is 19.4. The molecule has 0 bridgehead atoms. The van der Waals surface area contributed by atoms with Crippen LogP contribution < -0.4 is 5.32 Å². The van der Waals surface area contributed by atoms with Gasteiger partial charge in [-0.2, -0.15) is 18.3 Å². The van der Waals surface area contributed by atoms with Crippen LogP contribution in [0.15, 0.2) is 36.5 Å². The summed E-state index contributed by atoms with van der Waals surface area (Å²) >= 11 is 0. The molecule has 1 atom stereocenters. The smallest absolute Gasteiger partial charge is 0.310 e. The number of hydrogen-bond acceptors (Lipinski definition) is 2. The molecular weight excluding hydrogens is 279 g/mol. The first kappa shape index (κ1) is 15.6. The first-order valence-corrected chi connectivity index (χ1v) is 6.92. The minimum Gasteiger partial charge on any atom is -0.310 e. The number of hydrogen-bond donors (Lipinski definition) is 1. The van der Waals surface area contributed by atoms with E-state index in [0.717, 1.165) is 24.6 Å². The van der Waals surface area contributed by atoms with Crippen LogP contribution in [0, 0.1) is 0 Å². The minimum atomic E-state index is -4.41. The Morgan fingerprint density at radius 1 is 1.14 bits per heavy atom. The van der Waals surface area contributed by atoms with E-state index in [9.17, 15) is 13.2 Å². The van der Waals surface area contributed by atoms with Gasteiger partial charge in [0.2, 0.25) is 0 Å². The highest BCUT2D eigenvalue weighted by Gasteiger charge is 2.33. The van der Waals surface area contributed by atoms with Crippen LogP contribution in [0.5, 0.6) is 0 Å². The van der Waals surface area contributed by atoms with E-state index >= 15 is 0 Å². The molecule has 1 heterocycles. The second-order valence-electron chi connectivity index (χ2n) is 4.75. The fourth-order valence-electron chi connectivity index (χ4n) is 2.22. The van der Waals surface area contributed by atoms with Gasteiger partial charge in [0.25, 0.3) is 0 Å². The highest BCUT2D eigenvalue weighted by molar-refractivity contribution is 5.35. The molecule has 1 unspecified atom stereocenters. The SMILES string of the molecule is CCNC(CC)c1ccc(-n2ccc(C(F)(F)F)n2)cc1. The van der Waals surface area contributed by atoms with Gasteiger partial charge < -0.3 is 5.32 Å². The van der Waals surface area contributed by atoms with Gasteiger partial charge in [-0.1, -0.05) is 26.0 Å². The summed E-state index contributed by atoms with van der Waals surface area (Å²) in [5, 5.41) is 6.92. The van der Waals surface area contributed by atoms with Crippen molar-refractivity contribution in [2.24, 2.45) is 0 Å².